The third kappa shape index (κ3) is 6.36. The van der Waals surface area contributed by atoms with Gasteiger partial charge in [-0.1, -0.05) is 48.5 Å². The SMILES string of the molecule is COc1cc(C2(c3cc(OC)c(O[Si](C)(C)C(C)(C)C)c(OC)c3)OC(=O)C[C@H]2C)cc(OC)c1O[Si](C)(C)C(C)(C)C. The number of ether oxygens (including phenoxy) is 5. The fraction of sp³-hybridized carbons (Fsp3) is 0.606. The average Bonchev–Trinajstić information content (AvgIpc) is 3.21. The van der Waals surface area contributed by atoms with E-state index in [-0.39, 0.29) is 28.4 Å². The van der Waals surface area contributed by atoms with Crippen molar-refractivity contribution in [3.63, 3.8) is 0 Å². The molecule has 1 atom stereocenters. The van der Waals surface area contributed by atoms with E-state index < -0.39 is 22.2 Å². The zero-order valence-electron chi connectivity index (χ0n) is 28.9. The van der Waals surface area contributed by atoms with Crippen molar-refractivity contribution in [1.82, 2.24) is 0 Å². The summed E-state index contributed by atoms with van der Waals surface area (Å²) in [4.78, 5) is 13.0. The summed E-state index contributed by atoms with van der Waals surface area (Å²) in [6.07, 6.45) is 0.236. The molecule has 0 spiro atoms. The Morgan fingerprint density at radius 2 is 0.977 bits per heavy atom. The zero-order chi connectivity index (χ0) is 32.8. The van der Waals surface area contributed by atoms with E-state index in [1.165, 1.54) is 0 Å². The van der Waals surface area contributed by atoms with Gasteiger partial charge in [-0.15, -0.1) is 0 Å². The van der Waals surface area contributed by atoms with Gasteiger partial charge in [-0.25, -0.2) is 0 Å². The highest BCUT2D eigenvalue weighted by Crippen LogP contribution is 2.55. The van der Waals surface area contributed by atoms with E-state index in [9.17, 15) is 4.79 Å². The van der Waals surface area contributed by atoms with Crippen molar-refractivity contribution in [3.8, 4) is 34.5 Å². The second-order valence-electron chi connectivity index (χ2n) is 14.5. The fourth-order valence-electron chi connectivity index (χ4n) is 4.78. The molecule has 8 nitrogen and oxygen atoms in total. The van der Waals surface area contributed by atoms with Crippen molar-refractivity contribution in [2.75, 3.05) is 28.4 Å². The minimum atomic E-state index is -2.25. The van der Waals surface area contributed by atoms with Crippen molar-refractivity contribution in [3.05, 3.63) is 35.4 Å². The maximum Gasteiger partial charge on any atom is 0.307 e. The van der Waals surface area contributed by atoms with Crippen LogP contribution >= 0.6 is 0 Å². The van der Waals surface area contributed by atoms with Crippen LogP contribution in [0.3, 0.4) is 0 Å². The Hall–Kier alpha value is -2.86. The Morgan fingerprint density at radius 1 is 0.674 bits per heavy atom. The van der Waals surface area contributed by atoms with Crippen molar-refractivity contribution < 1.29 is 37.3 Å². The van der Waals surface area contributed by atoms with E-state index >= 15 is 0 Å². The third-order valence-corrected chi connectivity index (χ3v) is 18.2. The number of esters is 1. The second kappa shape index (κ2) is 11.9. The second-order valence-corrected chi connectivity index (χ2v) is 23.9. The Labute approximate surface area is 260 Å². The van der Waals surface area contributed by atoms with E-state index in [1.54, 1.807) is 28.4 Å². The molecule has 240 valence electrons. The van der Waals surface area contributed by atoms with Gasteiger partial charge in [-0.05, 0) is 60.5 Å². The van der Waals surface area contributed by atoms with Crippen LogP contribution < -0.4 is 27.8 Å². The molecule has 0 N–H and O–H groups in total. The van der Waals surface area contributed by atoms with Gasteiger partial charge in [0, 0.05) is 17.0 Å². The van der Waals surface area contributed by atoms with E-state index in [0.717, 1.165) is 0 Å². The molecular formula is C33H52O8Si2. The number of carbonyl (C=O) groups is 1. The standard InChI is InChI=1S/C33H52O8Si2/c1-21-16-28(34)39-33(21,22-17-24(35-8)29(25(18-22)36-9)40-42(12,13)31(2,3)4)23-19-26(37-10)30(27(20-23)38-11)41-43(14,15)32(5,6)7/h17-21H,16H2,1-15H3/t21-/m1/s1. The molecule has 1 heterocycles. The molecular weight excluding hydrogens is 581 g/mol. The number of benzene rings is 2. The third-order valence-electron chi connectivity index (χ3n) is 9.55. The molecule has 3 rings (SSSR count). The summed E-state index contributed by atoms with van der Waals surface area (Å²) in [5.74, 6) is 2.57. The van der Waals surface area contributed by atoms with Crippen LogP contribution in [0.25, 0.3) is 0 Å². The number of hydrogen-bond acceptors (Lipinski definition) is 8. The van der Waals surface area contributed by atoms with Crippen LogP contribution in [0.15, 0.2) is 24.3 Å². The number of carbonyl (C=O) groups excluding carboxylic acids is 1. The smallest absolute Gasteiger partial charge is 0.307 e. The van der Waals surface area contributed by atoms with Gasteiger partial charge in [0.25, 0.3) is 16.6 Å². The first kappa shape index (κ1) is 34.6. The topological polar surface area (TPSA) is 81.7 Å². The first-order valence-electron chi connectivity index (χ1n) is 14.8. The van der Waals surface area contributed by atoms with Gasteiger partial charge < -0.3 is 32.5 Å². The van der Waals surface area contributed by atoms with E-state index in [2.05, 4.69) is 67.7 Å². The quantitative estimate of drug-likeness (QED) is 0.191. The first-order valence-corrected chi connectivity index (χ1v) is 20.6. The van der Waals surface area contributed by atoms with Gasteiger partial charge in [-0.3, -0.25) is 4.79 Å². The molecule has 1 saturated heterocycles. The molecule has 43 heavy (non-hydrogen) atoms. The van der Waals surface area contributed by atoms with Crippen LogP contribution in [0.1, 0.15) is 66.0 Å². The van der Waals surface area contributed by atoms with Gasteiger partial charge in [0.2, 0.25) is 0 Å². The Bertz CT molecular complexity index is 1200. The molecule has 2 aromatic rings. The molecule has 0 aromatic heterocycles. The lowest BCUT2D eigenvalue weighted by atomic mass is 9.76. The van der Waals surface area contributed by atoms with Crippen LogP contribution in [-0.4, -0.2) is 51.0 Å². The van der Waals surface area contributed by atoms with Crippen LogP contribution in [0.4, 0.5) is 0 Å². The van der Waals surface area contributed by atoms with Crippen molar-refractivity contribution >= 4 is 22.6 Å². The molecule has 0 radical (unpaired) electrons. The summed E-state index contributed by atoms with van der Waals surface area (Å²) in [5, 5.41) is -0.0838. The minimum Gasteiger partial charge on any atom is -0.539 e. The van der Waals surface area contributed by atoms with Crippen LogP contribution in [0.5, 0.6) is 34.5 Å². The fourth-order valence-corrected chi connectivity index (χ4v) is 6.81. The van der Waals surface area contributed by atoms with E-state index in [4.69, 9.17) is 32.5 Å². The van der Waals surface area contributed by atoms with E-state index in [0.29, 0.717) is 45.6 Å². The molecule has 0 saturated carbocycles. The summed E-state index contributed by atoms with van der Waals surface area (Å²) in [6, 6.07) is 7.55. The van der Waals surface area contributed by atoms with Crippen LogP contribution in [0.2, 0.25) is 36.3 Å². The molecule has 2 aromatic carbocycles. The summed E-state index contributed by atoms with van der Waals surface area (Å²) in [6.45, 7) is 23.8. The van der Waals surface area contributed by atoms with Crippen LogP contribution in [0, 0.1) is 5.92 Å². The largest absolute Gasteiger partial charge is 0.539 e. The van der Waals surface area contributed by atoms with Crippen molar-refractivity contribution in [1.29, 1.82) is 0 Å². The first-order chi connectivity index (χ1) is 19.7. The Kier molecular flexibility index (Phi) is 9.59. The summed E-state index contributed by atoms with van der Waals surface area (Å²) >= 11 is 0. The predicted molar refractivity (Wildman–Crippen MR) is 175 cm³/mol. The maximum absolute atomic E-state index is 13.0. The number of cyclic esters (lactones) is 1. The monoisotopic (exact) mass is 632 g/mol. The number of methoxy groups -OCH3 is 4. The summed E-state index contributed by atoms with van der Waals surface area (Å²) in [5.41, 5.74) is 0.219. The van der Waals surface area contributed by atoms with E-state index in [1.807, 2.05) is 31.2 Å². The lowest BCUT2D eigenvalue weighted by Gasteiger charge is -2.39. The molecule has 1 aliphatic rings. The van der Waals surface area contributed by atoms with Gasteiger partial charge in [0.1, 0.15) is 0 Å². The average molecular weight is 633 g/mol. The molecule has 1 aliphatic heterocycles. The normalized spacial score (nSPS) is 17.3. The molecule has 0 unspecified atom stereocenters. The highest BCUT2D eigenvalue weighted by molar-refractivity contribution is 6.75. The molecule has 0 amide bonds. The highest BCUT2D eigenvalue weighted by Gasteiger charge is 2.52. The number of hydrogen-bond donors (Lipinski definition) is 0. The lowest BCUT2D eigenvalue weighted by molar-refractivity contribution is -0.147. The zero-order valence-corrected chi connectivity index (χ0v) is 30.9. The van der Waals surface area contributed by atoms with Gasteiger partial charge >= 0.3 is 5.97 Å². The van der Waals surface area contributed by atoms with Crippen molar-refractivity contribution in [2.45, 2.75) is 96.8 Å². The number of rotatable bonds is 10. The van der Waals surface area contributed by atoms with Gasteiger partial charge in [0.15, 0.2) is 40.1 Å². The van der Waals surface area contributed by atoms with Gasteiger partial charge in [0.05, 0.1) is 34.9 Å². The minimum absolute atomic E-state index is 0.0419. The predicted octanol–water partition coefficient (Wildman–Crippen LogP) is 8.32. The molecule has 0 bridgehead atoms. The van der Waals surface area contributed by atoms with Crippen LogP contribution in [-0.2, 0) is 15.1 Å². The summed E-state index contributed by atoms with van der Waals surface area (Å²) < 4.78 is 43.3. The van der Waals surface area contributed by atoms with Crippen molar-refractivity contribution in [2.24, 2.45) is 5.92 Å². The lowest BCUT2D eigenvalue weighted by Crippen LogP contribution is -2.44. The Balaban J connectivity index is 2.31. The maximum atomic E-state index is 13.0. The molecule has 0 aliphatic carbocycles. The summed E-state index contributed by atoms with van der Waals surface area (Å²) in [7, 11) is 1.92. The molecule has 10 heteroatoms. The van der Waals surface area contributed by atoms with Gasteiger partial charge in [-0.2, -0.15) is 0 Å². The Morgan fingerprint density at radius 3 is 1.19 bits per heavy atom. The highest BCUT2D eigenvalue weighted by atomic mass is 28.4. The molecule has 1 fully saturated rings.